The number of hydrazine groups is 1. The van der Waals surface area contributed by atoms with E-state index in [0.29, 0.717) is 24.2 Å². The summed E-state index contributed by atoms with van der Waals surface area (Å²) in [6, 6.07) is 10.3. The maximum atomic E-state index is 14.0. The predicted octanol–water partition coefficient (Wildman–Crippen LogP) is 2.44. The highest BCUT2D eigenvalue weighted by molar-refractivity contribution is 5.55. The topological polar surface area (TPSA) is 108 Å². The van der Waals surface area contributed by atoms with Crippen LogP contribution in [0.1, 0.15) is 17.5 Å². The number of aromatic nitrogens is 1. The lowest BCUT2D eigenvalue weighted by atomic mass is 10.1. The van der Waals surface area contributed by atoms with E-state index in [1.807, 2.05) is 36.4 Å². The third-order valence-corrected chi connectivity index (χ3v) is 4.16. The van der Waals surface area contributed by atoms with Crippen molar-refractivity contribution < 1.29 is 4.39 Å². The molecule has 148 valence electrons. The third kappa shape index (κ3) is 5.88. The lowest BCUT2D eigenvalue weighted by Gasteiger charge is -2.26. The van der Waals surface area contributed by atoms with Gasteiger partial charge in [-0.05, 0) is 24.5 Å². The van der Waals surface area contributed by atoms with Gasteiger partial charge in [-0.3, -0.25) is 10.0 Å². The van der Waals surface area contributed by atoms with Crippen molar-refractivity contribution in [2.75, 3.05) is 12.1 Å². The third-order valence-electron chi connectivity index (χ3n) is 4.16. The first-order chi connectivity index (χ1) is 13.6. The van der Waals surface area contributed by atoms with Crippen molar-refractivity contribution in [3.05, 3.63) is 71.8 Å². The molecule has 1 aromatic heterocycles. The monoisotopic (exact) mass is 383 g/mol. The molecule has 2 rings (SSSR count). The number of nitrogens with one attached hydrogen (secondary N) is 1. The lowest BCUT2D eigenvalue weighted by molar-refractivity contribution is 0.337. The molecule has 1 atom stereocenters. The fourth-order valence-electron chi connectivity index (χ4n) is 2.73. The quantitative estimate of drug-likeness (QED) is 0.253. The molecule has 0 aliphatic carbocycles. The number of aliphatic imine (C=N–C) groups is 1. The van der Waals surface area contributed by atoms with Crippen LogP contribution < -0.4 is 16.6 Å². The maximum absolute atomic E-state index is 14.0. The van der Waals surface area contributed by atoms with Crippen molar-refractivity contribution in [3.8, 4) is 0 Å². The number of hydrogen-bond donors (Lipinski definition) is 3. The van der Waals surface area contributed by atoms with Crippen LogP contribution >= 0.6 is 0 Å². The predicted molar refractivity (Wildman–Crippen MR) is 111 cm³/mol. The van der Waals surface area contributed by atoms with E-state index in [9.17, 15) is 4.39 Å². The van der Waals surface area contributed by atoms with Gasteiger partial charge in [0.25, 0.3) is 0 Å². The minimum atomic E-state index is -0.308. The molecule has 0 spiro atoms. The Morgan fingerprint density at radius 3 is 2.71 bits per heavy atom. The number of hydrogen-bond acceptors (Lipinski definition) is 6. The summed E-state index contributed by atoms with van der Waals surface area (Å²) < 4.78 is 14.0. The zero-order valence-electron chi connectivity index (χ0n) is 15.9. The Balaban J connectivity index is 2.21. The highest BCUT2D eigenvalue weighted by Crippen LogP contribution is 2.21. The molecule has 1 aromatic carbocycles. The number of halogens is 1. The molecule has 1 heterocycles. The number of allylic oxidation sites excluding steroid dienone is 1. The Hall–Kier alpha value is -3.26. The summed E-state index contributed by atoms with van der Waals surface area (Å²) in [6.07, 6.45) is 8.74. The normalized spacial score (nSPS) is 12.4. The number of pyridine rings is 1. The summed E-state index contributed by atoms with van der Waals surface area (Å²) in [5.74, 6) is 6.46. The molecule has 0 aliphatic heterocycles. The standard InChI is InChI=1S/C20H26FN7/c1-27(12-5-4-10-22)19(26-15-23)13-16-8-6-11-25-20(16)28(24)14-17-7-2-3-9-18(17)21/h2-3,5-12,15,19,22H,4,13-14,24H2,1H3,(H2,23,26)/b12-5+,22-10?. The molecule has 2 aromatic rings. The largest absolute Gasteiger partial charge is 0.390 e. The Morgan fingerprint density at radius 2 is 2.00 bits per heavy atom. The Kier molecular flexibility index (Phi) is 8.11. The van der Waals surface area contributed by atoms with Gasteiger partial charge in [0.15, 0.2) is 0 Å². The first-order valence-electron chi connectivity index (χ1n) is 8.87. The summed E-state index contributed by atoms with van der Waals surface area (Å²) in [5.41, 5.74) is 6.88. The van der Waals surface area contributed by atoms with Crippen LogP contribution in [0.15, 0.2) is 59.9 Å². The van der Waals surface area contributed by atoms with E-state index >= 15 is 0 Å². The van der Waals surface area contributed by atoms with E-state index in [1.165, 1.54) is 23.6 Å². The van der Waals surface area contributed by atoms with Gasteiger partial charge in [0, 0.05) is 37.2 Å². The number of nitrogens with zero attached hydrogens (tertiary/aromatic N) is 4. The molecule has 0 aliphatic rings. The van der Waals surface area contributed by atoms with Crippen molar-refractivity contribution in [2.24, 2.45) is 16.6 Å². The van der Waals surface area contributed by atoms with Crippen LogP contribution in [-0.4, -0.2) is 35.7 Å². The number of nitrogens with two attached hydrogens (primary N) is 2. The van der Waals surface area contributed by atoms with Gasteiger partial charge in [0.2, 0.25) is 0 Å². The molecule has 7 nitrogen and oxygen atoms in total. The smallest absolute Gasteiger partial charge is 0.146 e. The minimum Gasteiger partial charge on any atom is -0.390 e. The summed E-state index contributed by atoms with van der Waals surface area (Å²) in [6.45, 7) is 0.191. The molecule has 28 heavy (non-hydrogen) atoms. The number of benzene rings is 1. The molecular formula is C20H26FN7. The van der Waals surface area contributed by atoms with Crippen LogP contribution in [0.5, 0.6) is 0 Å². The second kappa shape index (κ2) is 10.8. The number of rotatable bonds is 10. The molecule has 0 bridgehead atoms. The van der Waals surface area contributed by atoms with Gasteiger partial charge in [-0.25, -0.2) is 15.2 Å². The molecule has 1 unspecified atom stereocenters. The van der Waals surface area contributed by atoms with Gasteiger partial charge >= 0.3 is 0 Å². The van der Waals surface area contributed by atoms with Gasteiger partial charge in [-0.1, -0.05) is 30.3 Å². The first-order valence-corrected chi connectivity index (χ1v) is 8.87. The zero-order valence-corrected chi connectivity index (χ0v) is 15.9. The van der Waals surface area contributed by atoms with E-state index in [1.54, 1.807) is 24.4 Å². The Morgan fingerprint density at radius 1 is 1.25 bits per heavy atom. The van der Waals surface area contributed by atoms with E-state index in [0.717, 1.165) is 5.56 Å². The molecule has 0 amide bonds. The van der Waals surface area contributed by atoms with E-state index in [2.05, 4.69) is 9.98 Å². The summed E-state index contributed by atoms with van der Waals surface area (Å²) in [4.78, 5) is 10.6. The Bertz CT molecular complexity index is 822. The van der Waals surface area contributed by atoms with Crippen molar-refractivity contribution in [3.63, 3.8) is 0 Å². The fraction of sp³-hybridized carbons (Fsp3) is 0.250. The van der Waals surface area contributed by atoms with Crippen molar-refractivity contribution in [2.45, 2.75) is 25.6 Å². The maximum Gasteiger partial charge on any atom is 0.146 e. The molecule has 0 saturated heterocycles. The number of likely N-dealkylation sites (N-methyl/N-ethyl adjacent to an activating group) is 1. The highest BCUT2D eigenvalue weighted by atomic mass is 19.1. The first kappa shape index (κ1) is 21.0. The van der Waals surface area contributed by atoms with Crippen LogP contribution in [0.4, 0.5) is 10.2 Å². The minimum absolute atomic E-state index is 0.191. The van der Waals surface area contributed by atoms with Gasteiger partial charge in [-0.2, -0.15) is 0 Å². The van der Waals surface area contributed by atoms with Crippen LogP contribution in [0.3, 0.4) is 0 Å². The van der Waals surface area contributed by atoms with E-state index in [-0.39, 0.29) is 18.5 Å². The highest BCUT2D eigenvalue weighted by Gasteiger charge is 2.17. The second-order valence-corrected chi connectivity index (χ2v) is 6.18. The summed E-state index contributed by atoms with van der Waals surface area (Å²) >= 11 is 0. The van der Waals surface area contributed by atoms with Gasteiger partial charge in [0.05, 0.1) is 12.9 Å². The zero-order chi connectivity index (χ0) is 20.4. The molecule has 8 heteroatoms. The summed E-state index contributed by atoms with van der Waals surface area (Å²) in [7, 11) is 1.88. The lowest BCUT2D eigenvalue weighted by Crippen LogP contribution is -2.34. The molecule has 0 saturated carbocycles. The average Bonchev–Trinajstić information content (AvgIpc) is 2.70. The molecular weight excluding hydrogens is 357 g/mol. The van der Waals surface area contributed by atoms with Gasteiger partial charge in [-0.15, -0.1) is 0 Å². The van der Waals surface area contributed by atoms with Crippen LogP contribution in [0.2, 0.25) is 0 Å². The van der Waals surface area contributed by atoms with Gasteiger partial charge in [0.1, 0.15) is 17.8 Å². The van der Waals surface area contributed by atoms with Crippen LogP contribution in [0, 0.1) is 11.2 Å². The average molecular weight is 383 g/mol. The van der Waals surface area contributed by atoms with Crippen molar-refractivity contribution in [1.82, 2.24) is 9.88 Å². The molecule has 5 N–H and O–H groups in total. The van der Waals surface area contributed by atoms with Crippen molar-refractivity contribution in [1.29, 1.82) is 5.41 Å². The SMILES string of the molecule is CN(/C=C/CC=N)C(Cc1cccnc1N(N)Cc1ccccc1F)/N=C/N. The van der Waals surface area contributed by atoms with Crippen LogP contribution in [0.25, 0.3) is 0 Å². The van der Waals surface area contributed by atoms with Gasteiger partial charge < -0.3 is 16.0 Å². The summed E-state index contributed by atoms with van der Waals surface area (Å²) in [5, 5.41) is 8.53. The Labute approximate surface area is 164 Å². The number of anilines is 1. The van der Waals surface area contributed by atoms with E-state index in [4.69, 9.17) is 17.0 Å². The molecule has 0 fully saturated rings. The van der Waals surface area contributed by atoms with Crippen LogP contribution in [-0.2, 0) is 13.0 Å². The second-order valence-electron chi connectivity index (χ2n) is 6.18. The van der Waals surface area contributed by atoms with E-state index < -0.39 is 0 Å². The molecule has 0 radical (unpaired) electrons. The van der Waals surface area contributed by atoms with Crippen molar-refractivity contribution >= 4 is 18.4 Å². The fourth-order valence-corrected chi connectivity index (χ4v) is 2.73.